The average Bonchev–Trinajstić information content (AvgIpc) is 2.75. The van der Waals surface area contributed by atoms with Gasteiger partial charge >= 0.3 is 6.09 Å². The number of aryl methyl sites for hydroxylation is 1. The first-order valence-corrected chi connectivity index (χ1v) is 8.85. The molecule has 1 amide bonds. The number of rotatable bonds is 6. The van der Waals surface area contributed by atoms with Crippen molar-refractivity contribution < 1.29 is 9.53 Å². The maximum absolute atomic E-state index is 11.7. The molecule has 0 N–H and O–H groups in total. The van der Waals surface area contributed by atoms with Crippen molar-refractivity contribution >= 4 is 33.4 Å². The first-order chi connectivity index (χ1) is 9.58. The first-order valence-electron chi connectivity index (χ1n) is 7.25. The van der Waals surface area contributed by atoms with Crippen LogP contribution in [0.15, 0.2) is 9.85 Å². The summed E-state index contributed by atoms with van der Waals surface area (Å²) in [6.07, 6.45) is 1.64. The van der Waals surface area contributed by atoms with Crippen LogP contribution in [0.5, 0.6) is 0 Å². The summed E-state index contributed by atoms with van der Waals surface area (Å²) < 4.78 is 6.21. The predicted octanol–water partition coefficient (Wildman–Crippen LogP) is 5.26. The minimum Gasteiger partial charge on any atom is -0.450 e. The van der Waals surface area contributed by atoms with Crippen LogP contribution in [0.1, 0.15) is 44.6 Å². The van der Waals surface area contributed by atoms with Crippen molar-refractivity contribution in [2.75, 3.05) is 19.7 Å². The molecule has 0 saturated carbocycles. The smallest absolute Gasteiger partial charge is 0.409 e. The van der Waals surface area contributed by atoms with Crippen molar-refractivity contribution in [3.05, 3.63) is 20.3 Å². The van der Waals surface area contributed by atoms with Crippen LogP contribution in [-0.4, -0.2) is 30.7 Å². The molecule has 0 aromatic carbocycles. The molecular formula is C15H26BrNO2S. The maximum atomic E-state index is 11.7. The fourth-order valence-corrected chi connectivity index (χ4v) is 3.56. The van der Waals surface area contributed by atoms with Gasteiger partial charge in [-0.2, -0.15) is 0 Å². The van der Waals surface area contributed by atoms with Crippen LogP contribution in [0, 0.1) is 6.92 Å². The Balaban J connectivity index is 0.00000172. The van der Waals surface area contributed by atoms with Gasteiger partial charge < -0.3 is 9.64 Å². The van der Waals surface area contributed by atoms with Crippen LogP contribution in [0.3, 0.4) is 0 Å². The molecule has 0 atom stereocenters. The largest absolute Gasteiger partial charge is 0.450 e. The standard InChI is InChI=1S/C13H20BrNO2S.C2H6/c1-4-7-15(13(16)17-5-2)8-6-11-10(3)9-12(14)18-11;1-2/h9H,4-8H2,1-3H3;1-2H3. The number of thiophene rings is 1. The molecule has 0 fully saturated rings. The van der Waals surface area contributed by atoms with Gasteiger partial charge in [0.15, 0.2) is 0 Å². The van der Waals surface area contributed by atoms with Crippen molar-refractivity contribution in [2.45, 2.75) is 47.5 Å². The van der Waals surface area contributed by atoms with Gasteiger partial charge in [0.25, 0.3) is 0 Å². The second kappa shape index (κ2) is 11.1. The average molecular weight is 364 g/mol. The van der Waals surface area contributed by atoms with E-state index < -0.39 is 0 Å². The summed E-state index contributed by atoms with van der Waals surface area (Å²) in [6.45, 7) is 11.9. The molecule has 0 radical (unpaired) electrons. The number of nitrogens with zero attached hydrogens (tertiary/aromatic N) is 1. The van der Waals surface area contributed by atoms with E-state index >= 15 is 0 Å². The van der Waals surface area contributed by atoms with Crippen LogP contribution in [0.4, 0.5) is 4.79 Å². The van der Waals surface area contributed by atoms with Gasteiger partial charge in [-0.3, -0.25) is 0 Å². The van der Waals surface area contributed by atoms with E-state index in [1.54, 1.807) is 16.2 Å². The number of amides is 1. The molecule has 0 spiro atoms. The molecular weight excluding hydrogens is 338 g/mol. The van der Waals surface area contributed by atoms with Gasteiger partial charge in [-0.05, 0) is 54.2 Å². The summed E-state index contributed by atoms with van der Waals surface area (Å²) >= 11 is 5.23. The predicted molar refractivity (Wildman–Crippen MR) is 90.7 cm³/mol. The Hall–Kier alpha value is -0.550. The Morgan fingerprint density at radius 3 is 2.45 bits per heavy atom. The van der Waals surface area contributed by atoms with E-state index in [9.17, 15) is 4.79 Å². The number of carbonyl (C=O) groups is 1. The Bertz CT molecular complexity index is 393. The lowest BCUT2D eigenvalue weighted by Crippen LogP contribution is -2.34. The lowest BCUT2D eigenvalue weighted by molar-refractivity contribution is 0.107. The molecule has 0 bridgehead atoms. The fraction of sp³-hybridized carbons (Fsp3) is 0.667. The number of carbonyl (C=O) groups excluding carboxylic acids is 1. The van der Waals surface area contributed by atoms with E-state index in [0.717, 1.165) is 29.7 Å². The van der Waals surface area contributed by atoms with Gasteiger partial charge in [-0.1, -0.05) is 20.8 Å². The summed E-state index contributed by atoms with van der Waals surface area (Å²) in [4.78, 5) is 14.9. The third-order valence-corrected chi connectivity index (χ3v) is 4.42. The molecule has 116 valence electrons. The molecule has 0 aliphatic heterocycles. The third-order valence-electron chi connectivity index (χ3n) is 2.62. The molecule has 0 unspecified atom stereocenters. The minimum absolute atomic E-state index is 0.201. The molecule has 1 aromatic rings. The summed E-state index contributed by atoms with van der Waals surface area (Å²) in [7, 11) is 0. The van der Waals surface area contributed by atoms with E-state index in [0.29, 0.717) is 6.61 Å². The zero-order valence-electron chi connectivity index (χ0n) is 13.2. The molecule has 0 saturated heterocycles. The first kappa shape index (κ1) is 19.4. The summed E-state index contributed by atoms with van der Waals surface area (Å²) in [5.41, 5.74) is 1.28. The maximum Gasteiger partial charge on any atom is 0.409 e. The van der Waals surface area contributed by atoms with Crippen molar-refractivity contribution in [3.8, 4) is 0 Å². The molecule has 1 rings (SSSR count). The van der Waals surface area contributed by atoms with Gasteiger partial charge in [-0.15, -0.1) is 11.3 Å². The van der Waals surface area contributed by atoms with Crippen LogP contribution < -0.4 is 0 Å². The zero-order chi connectivity index (χ0) is 15.5. The molecule has 0 aliphatic carbocycles. The second-order valence-corrected chi connectivity index (χ2v) is 6.61. The summed E-state index contributed by atoms with van der Waals surface area (Å²) in [5.74, 6) is 0. The minimum atomic E-state index is -0.201. The highest BCUT2D eigenvalue weighted by Gasteiger charge is 2.14. The van der Waals surface area contributed by atoms with Crippen LogP contribution >= 0.6 is 27.3 Å². The normalized spacial score (nSPS) is 9.70. The van der Waals surface area contributed by atoms with Crippen molar-refractivity contribution in [2.24, 2.45) is 0 Å². The Labute approximate surface area is 135 Å². The summed E-state index contributed by atoms with van der Waals surface area (Å²) in [5, 5.41) is 0. The number of hydrogen-bond acceptors (Lipinski definition) is 3. The van der Waals surface area contributed by atoms with Gasteiger partial charge in [0.2, 0.25) is 0 Å². The van der Waals surface area contributed by atoms with E-state index in [2.05, 4.69) is 35.8 Å². The van der Waals surface area contributed by atoms with Crippen LogP contribution in [0.25, 0.3) is 0 Å². The fourth-order valence-electron chi connectivity index (χ4n) is 1.74. The monoisotopic (exact) mass is 363 g/mol. The lowest BCUT2D eigenvalue weighted by Gasteiger charge is -2.20. The Kier molecular flexibility index (Phi) is 10.8. The third kappa shape index (κ3) is 6.75. The highest BCUT2D eigenvalue weighted by atomic mass is 79.9. The van der Waals surface area contributed by atoms with E-state index in [-0.39, 0.29) is 6.09 Å². The van der Waals surface area contributed by atoms with Gasteiger partial charge in [0.05, 0.1) is 10.4 Å². The van der Waals surface area contributed by atoms with Gasteiger partial charge in [-0.25, -0.2) is 4.79 Å². The number of hydrogen-bond donors (Lipinski definition) is 0. The van der Waals surface area contributed by atoms with E-state index in [1.807, 2.05) is 20.8 Å². The molecule has 5 heteroatoms. The molecule has 1 aromatic heterocycles. The number of halogens is 1. The van der Waals surface area contributed by atoms with Crippen molar-refractivity contribution in [1.29, 1.82) is 0 Å². The molecule has 3 nitrogen and oxygen atoms in total. The highest BCUT2D eigenvalue weighted by Crippen LogP contribution is 2.27. The van der Waals surface area contributed by atoms with Gasteiger partial charge in [0, 0.05) is 18.0 Å². The van der Waals surface area contributed by atoms with Crippen molar-refractivity contribution in [1.82, 2.24) is 4.90 Å². The second-order valence-electron chi connectivity index (χ2n) is 4.09. The zero-order valence-corrected chi connectivity index (χ0v) is 15.6. The van der Waals surface area contributed by atoms with Crippen LogP contribution in [0.2, 0.25) is 0 Å². The number of ether oxygens (including phenoxy) is 1. The van der Waals surface area contributed by atoms with Crippen LogP contribution in [-0.2, 0) is 11.2 Å². The molecule has 0 aliphatic rings. The Morgan fingerprint density at radius 1 is 1.35 bits per heavy atom. The topological polar surface area (TPSA) is 29.5 Å². The van der Waals surface area contributed by atoms with E-state index in [1.165, 1.54) is 10.4 Å². The molecule has 20 heavy (non-hydrogen) atoms. The molecule has 1 heterocycles. The summed E-state index contributed by atoms with van der Waals surface area (Å²) in [6, 6.07) is 2.12. The highest BCUT2D eigenvalue weighted by molar-refractivity contribution is 9.11. The SMILES string of the molecule is CC.CCCN(CCc1sc(Br)cc1C)C(=O)OCC. The lowest BCUT2D eigenvalue weighted by atomic mass is 10.2. The Morgan fingerprint density at radius 2 is 2.00 bits per heavy atom. The quantitative estimate of drug-likeness (QED) is 0.689. The van der Waals surface area contributed by atoms with Crippen molar-refractivity contribution in [3.63, 3.8) is 0 Å². The van der Waals surface area contributed by atoms with Gasteiger partial charge in [0.1, 0.15) is 0 Å². The van der Waals surface area contributed by atoms with E-state index in [4.69, 9.17) is 4.74 Å².